The van der Waals surface area contributed by atoms with E-state index in [4.69, 9.17) is 0 Å². The number of urea groups is 1. The molecule has 1 aliphatic rings. The Morgan fingerprint density at radius 1 is 1.40 bits per heavy atom. The highest BCUT2D eigenvalue weighted by Gasteiger charge is 2.30. The lowest BCUT2D eigenvalue weighted by Gasteiger charge is -2.24. The molecule has 0 aliphatic carbocycles. The second kappa shape index (κ2) is 7.70. The van der Waals surface area contributed by atoms with Crippen LogP contribution in [0.15, 0.2) is 42.7 Å². The van der Waals surface area contributed by atoms with Gasteiger partial charge in [0.05, 0.1) is 12.1 Å². The summed E-state index contributed by atoms with van der Waals surface area (Å²) in [5, 5.41) is 12.9. The van der Waals surface area contributed by atoms with Gasteiger partial charge in [-0.3, -0.25) is 0 Å². The van der Waals surface area contributed by atoms with Gasteiger partial charge in [-0.05, 0) is 18.9 Å². The average Bonchev–Trinajstić information content (AvgIpc) is 3.25. The highest BCUT2D eigenvalue weighted by molar-refractivity contribution is 5.75. The van der Waals surface area contributed by atoms with E-state index in [1.165, 1.54) is 0 Å². The number of aliphatic hydroxyl groups is 1. The van der Waals surface area contributed by atoms with Crippen molar-refractivity contribution in [2.24, 2.45) is 13.0 Å². The zero-order valence-corrected chi connectivity index (χ0v) is 14.8. The van der Waals surface area contributed by atoms with Crippen molar-refractivity contribution in [2.45, 2.75) is 31.9 Å². The van der Waals surface area contributed by atoms with Gasteiger partial charge < -0.3 is 19.9 Å². The van der Waals surface area contributed by atoms with E-state index < -0.39 is 0 Å². The molecule has 0 bridgehead atoms. The van der Waals surface area contributed by atoms with Crippen molar-refractivity contribution in [3.05, 3.63) is 54.1 Å². The predicted octanol–water partition coefficient (Wildman–Crippen LogP) is 2.12. The van der Waals surface area contributed by atoms with E-state index in [1.54, 1.807) is 18.0 Å². The summed E-state index contributed by atoms with van der Waals surface area (Å²) in [6, 6.07) is 9.76. The van der Waals surface area contributed by atoms with Crippen molar-refractivity contribution < 1.29 is 9.90 Å². The third-order valence-electron chi connectivity index (χ3n) is 5.00. The Morgan fingerprint density at radius 3 is 2.76 bits per heavy atom. The third kappa shape index (κ3) is 4.20. The van der Waals surface area contributed by atoms with Gasteiger partial charge in [0.25, 0.3) is 0 Å². The van der Waals surface area contributed by atoms with Crippen molar-refractivity contribution in [3.8, 4) is 0 Å². The quantitative estimate of drug-likeness (QED) is 0.874. The second-order valence-corrected chi connectivity index (χ2v) is 6.81. The van der Waals surface area contributed by atoms with Gasteiger partial charge in [0.15, 0.2) is 0 Å². The molecule has 2 amide bonds. The topological polar surface area (TPSA) is 70.4 Å². The molecule has 1 saturated heterocycles. The standard InChI is InChI=1S/C19H26N4O2/c1-14(24)16-8-10-23(13-16)19(25)21-17(15-6-4-3-5-7-15)12-18-20-9-11-22(18)2/h3-7,9,11,14,16-17,24H,8,10,12-13H2,1-2H3,(H,21,25)/t14-,16+,17-/m0/s1. The van der Waals surface area contributed by atoms with Crippen LogP contribution in [0.5, 0.6) is 0 Å². The summed E-state index contributed by atoms with van der Waals surface area (Å²) in [6.07, 6.45) is 4.78. The molecule has 6 nitrogen and oxygen atoms in total. The van der Waals surface area contributed by atoms with Crippen LogP contribution in [0, 0.1) is 5.92 Å². The number of likely N-dealkylation sites (tertiary alicyclic amines) is 1. The lowest BCUT2D eigenvalue weighted by Crippen LogP contribution is -2.41. The Hall–Kier alpha value is -2.34. The maximum absolute atomic E-state index is 12.7. The molecule has 1 fully saturated rings. The van der Waals surface area contributed by atoms with E-state index in [2.05, 4.69) is 10.3 Å². The number of nitrogens with zero attached hydrogens (tertiary/aromatic N) is 3. The Bertz CT molecular complexity index is 698. The van der Waals surface area contributed by atoms with Crippen molar-refractivity contribution in [3.63, 3.8) is 0 Å². The fourth-order valence-electron chi connectivity index (χ4n) is 3.32. The summed E-state index contributed by atoms with van der Waals surface area (Å²) in [4.78, 5) is 18.9. The van der Waals surface area contributed by atoms with Crippen LogP contribution in [-0.2, 0) is 13.5 Å². The molecule has 1 aromatic carbocycles. The summed E-state index contributed by atoms with van der Waals surface area (Å²) in [6.45, 7) is 3.08. The number of imidazole rings is 1. The Labute approximate surface area is 148 Å². The molecule has 0 radical (unpaired) electrons. The number of aryl methyl sites for hydroxylation is 1. The summed E-state index contributed by atoms with van der Waals surface area (Å²) in [5.74, 6) is 1.09. The van der Waals surface area contributed by atoms with Crippen molar-refractivity contribution >= 4 is 6.03 Å². The van der Waals surface area contributed by atoms with Crippen LogP contribution in [0.3, 0.4) is 0 Å². The Balaban J connectivity index is 1.72. The van der Waals surface area contributed by atoms with Crippen molar-refractivity contribution in [2.75, 3.05) is 13.1 Å². The van der Waals surface area contributed by atoms with Crippen LogP contribution in [0.2, 0.25) is 0 Å². The first-order valence-corrected chi connectivity index (χ1v) is 8.79. The third-order valence-corrected chi connectivity index (χ3v) is 5.00. The fourth-order valence-corrected chi connectivity index (χ4v) is 3.32. The molecule has 134 valence electrons. The average molecular weight is 342 g/mol. The van der Waals surface area contributed by atoms with E-state index in [0.29, 0.717) is 19.5 Å². The number of carbonyl (C=O) groups is 1. The lowest BCUT2D eigenvalue weighted by atomic mass is 10.0. The zero-order chi connectivity index (χ0) is 17.8. The van der Waals surface area contributed by atoms with E-state index in [1.807, 2.05) is 48.1 Å². The number of nitrogens with one attached hydrogen (secondary N) is 1. The maximum atomic E-state index is 12.7. The second-order valence-electron chi connectivity index (χ2n) is 6.81. The maximum Gasteiger partial charge on any atom is 0.317 e. The smallest absolute Gasteiger partial charge is 0.317 e. The minimum absolute atomic E-state index is 0.0776. The summed E-state index contributed by atoms with van der Waals surface area (Å²) < 4.78 is 1.97. The first-order chi connectivity index (χ1) is 12.0. The Morgan fingerprint density at radius 2 is 2.16 bits per heavy atom. The van der Waals surface area contributed by atoms with Gasteiger partial charge in [0, 0.05) is 44.9 Å². The van der Waals surface area contributed by atoms with Crippen LogP contribution >= 0.6 is 0 Å². The first kappa shape index (κ1) is 17.5. The molecular formula is C19H26N4O2. The van der Waals surface area contributed by atoms with Gasteiger partial charge in [-0.1, -0.05) is 30.3 Å². The van der Waals surface area contributed by atoms with Crippen LogP contribution in [0.25, 0.3) is 0 Å². The molecule has 0 spiro atoms. The lowest BCUT2D eigenvalue weighted by molar-refractivity contribution is 0.129. The van der Waals surface area contributed by atoms with Crippen LogP contribution in [0.4, 0.5) is 4.79 Å². The molecule has 2 N–H and O–H groups in total. The van der Waals surface area contributed by atoms with Crippen LogP contribution in [-0.4, -0.2) is 44.8 Å². The van der Waals surface area contributed by atoms with Gasteiger partial charge in [-0.15, -0.1) is 0 Å². The molecule has 25 heavy (non-hydrogen) atoms. The molecule has 2 aromatic rings. The largest absolute Gasteiger partial charge is 0.393 e. The van der Waals surface area contributed by atoms with E-state index in [-0.39, 0.29) is 24.1 Å². The molecule has 3 rings (SSSR count). The number of amides is 2. The normalized spacial score (nSPS) is 19.6. The monoisotopic (exact) mass is 342 g/mol. The predicted molar refractivity (Wildman–Crippen MR) is 96.0 cm³/mol. The molecule has 6 heteroatoms. The number of aromatic nitrogens is 2. The van der Waals surface area contributed by atoms with Gasteiger partial charge in [0.1, 0.15) is 5.82 Å². The number of aliphatic hydroxyl groups excluding tert-OH is 1. The molecule has 3 atom stereocenters. The number of hydrogen-bond acceptors (Lipinski definition) is 3. The summed E-state index contributed by atoms with van der Waals surface area (Å²) in [7, 11) is 1.96. The molecular weight excluding hydrogens is 316 g/mol. The number of carbonyl (C=O) groups excluding carboxylic acids is 1. The van der Waals surface area contributed by atoms with Crippen molar-refractivity contribution in [1.82, 2.24) is 19.8 Å². The number of hydrogen-bond donors (Lipinski definition) is 2. The van der Waals surface area contributed by atoms with Crippen LogP contribution in [0.1, 0.15) is 30.8 Å². The minimum atomic E-state index is -0.379. The van der Waals surface area contributed by atoms with Crippen molar-refractivity contribution in [1.29, 1.82) is 0 Å². The van der Waals surface area contributed by atoms with Crippen LogP contribution < -0.4 is 5.32 Å². The van der Waals surface area contributed by atoms with E-state index in [0.717, 1.165) is 17.8 Å². The SMILES string of the molecule is C[C@H](O)[C@@H]1CCN(C(=O)N[C@@H](Cc2nccn2C)c2ccccc2)C1. The zero-order valence-electron chi connectivity index (χ0n) is 14.8. The van der Waals surface area contributed by atoms with E-state index >= 15 is 0 Å². The molecule has 0 saturated carbocycles. The van der Waals surface area contributed by atoms with E-state index in [9.17, 15) is 9.90 Å². The highest BCUT2D eigenvalue weighted by Crippen LogP contribution is 2.22. The van der Waals surface area contributed by atoms with Gasteiger partial charge in [-0.2, -0.15) is 0 Å². The summed E-state index contributed by atoms with van der Waals surface area (Å²) >= 11 is 0. The minimum Gasteiger partial charge on any atom is -0.393 e. The molecule has 2 heterocycles. The Kier molecular flexibility index (Phi) is 5.38. The molecule has 0 unspecified atom stereocenters. The molecule has 1 aliphatic heterocycles. The number of rotatable bonds is 5. The highest BCUT2D eigenvalue weighted by atomic mass is 16.3. The van der Waals surface area contributed by atoms with Gasteiger partial charge >= 0.3 is 6.03 Å². The fraction of sp³-hybridized carbons (Fsp3) is 0.474. The van der Waals surface area contributed by atoms with Gasteiger partial charge in [-0.25, -0.2) is 9.78 Å². The summed E-state index contributed by atoms with van der Waals surface area (Å²) in [5.41, 5.74) is 1.06. The molecule has 1 aromatic heterocycles. The number of benzene rings is 1. The van der Waals surface area contributed by atoms with Gasteiger partial charge in [0.2, 0.25) is 0 Å². The first-order valence-electron chi connectivity index (χ1n) is 8.79.